The molecule has 6 nitrogen and oxygen atoms in total. The molecule has 2 aromatic rings. The first-order valence-electron chi connectivity index (χ1n) is 8.69. The van der Waals surface area contributed by atoms with E-state index in [0.717, 1.165) is 0 Å². The smallest absolute Gasteiger partial charge is 0.265 e. The summed E-state index contributed by atoms with van der Waals surface area (Å²) in [7, 11) is 1.72. The zero-order chi connectivity index (χ0) is 19.2. The largest absolute Gasteiger partial charge is 0.492 e. The van der Waals surface area contributed by atoms with Crippen LogP contribution in [0.5, 0.6) is 11.5 Å². The molecule has 0 N–H and O–H groups in total. The first-order valence-corrected chi connectivity index (χ1v) is 9.07. The predicted molar refractivity (Wildman–Crippen MR) is 103 cm³/mol. The number of para-hydroxylation sites is 2. The van der Waals surface area contributed by atoms with Crippen molar-refractivity contribution in [3.63, 3.8) is 0 Å². The van der Waals surface area contributed by atoms with Crippen LogP contribution in [-0.2, 0) is 9.59 Å². The number of carbonyl (C=O) groups excluding carboxylic acids is 2. The Morgan fingerprint density at radius 2 is 1.96 bits per heavy atom. The summed E-state index contributed by atoms with van der Waals surface area (Å²) >= 11 is 5.83. The van der Waals surface area contributed by atoms with Crippen molar-refractivity contribution in [3.05, 3.63) is 53.6 Å². The van der Waals surface area contributed by atoms with Crippen LogP contribution in [0.4, 0.5) is 5.69 Å². The van der Waals surface area contributed by atoms with Crippen LogP contribution in [0.3, 0.4) is 0 Å². The van der Waals surface area contributed by atoms with E-state index in [2.05, 4.69) is 0 Å². The molecule has 1 aliphatic heterocycles. The van der Waals surface area contributed by atoms with Crippen molar-refractivity contribution in [1.82, 2.24) is 4.90 Å². The highest BCUT2D eigenvalue weighted by atomic mass is 35.5. The molecular weight excluding hydrogens is 368 g/mol. The van der Waals surface area contributed by atoms with Gasteiger partial charge in [-0.2, -0.15) is 0 Å². The van der Waals surface area contributed by atoms with Crippen molar-refractivity contribution in [2.75, 3.05) is 38.3 Å². The predicted octanol–water partition coefficient (Wildman–Crippen LogP) is 2.99. The fraction of sp³-hybridized carbons (Fsp3) is 0.300. The molecule has 2 amide bonds. The summed E-state index contributed by atoms with van der Waals surface area (Å²) in [5.74, 6) is 1.17. The van der Waals surface area contributed by atoms with E-state index in [0.29, 0.717) is 41.9 Å². The van der Waals surface area contributed by atoms with E-state index in [-0.39, 0.29) is 24.8 Å². The lowest BCUT2D eigenvalue weighted by atomic mass is 10.2. The lowest BCUT2D eigenvalue weighted by molar-refractivity contribution is -0.130. The number of benzene rings is 2. The molecule has 0 radical (unpaired) electrons. The Labute approximate surface area is 163 Å². The Balaban J connectivity index is 1.47. The summed E-state index contributed by atoms with van der Waals surface area (Å²) in [4.78, 5) is 27.7. The summed E-state index contributed by atoms with van der Waals surface area (Å²) in [6, 6.07) is 14.4. The van der Waals surface area contributed by atoms with Gasteiger partial charge in [0.1, 0.15) is 18.1 Å². The number of halogens is 1. The fourth-order valence-electron chi connectivity index (χ4n) is 2.75. The highest BCUT2D eigenvalue weighted by Gasteiger charge is 2.25. The van der Waals surface area contributed by atoms with Gasteiger partial charge >= 0.3 is 0 Å². The molecule has 0 aromatic heterocycles. The normalized spacial score (nSPS) is 13.0. The number of nitrogens with zero attached hydrogens (tertiary/aromatic N) is 2. The zero-order valence-electron chi connectivity index (χ0n) is 15.1. The van der Waals surface area contributed by atoms with Gasteiger partial charge in [0, 0.05) is 25.0 Å². The van der Waals surface area contributed by atoms with E-state index in [1.54, 1.807) is 41.1 Å². The maximum Gasteiger partial charge on any atom is 0.265 e. The minimum absolute atomic E-state index is 0.00399. The Morgan fingerprint density at radius 3 is 2.74 bits per heavy atom. The van der Waals surface area contributed by atoms with E-state index < -0.39 is 0 Å². The molecule has 0 saturated heterocycles. The van der Waals surface area contributed by atoms with Gasteiger partial charge in [0.15, 0.2) is 6.61 Å². The van der Waals surface area contributed by atoms with Crippen LogP contribution in [0.1, 0.15) is 6.42 Å². The number of ether oxygens (including phenoxy) is 2. The van der Waals surface area contributed by atoms with Crippen LogP contribution in [0, 0.1) is 0 Å². The zero-order valence-corrected chi connectivity index (χ0v) is 15.8. The van der Waals surface area contributed by atoms with E-state index in [4.69, 9.17) is 21.1 Å². The molecule has 0 atom stereocenters. The summed E-state index contributed by atoms with van der Waals surface area (Å²) in [5, 5.41) is 0.647. The monoisotopic (exact) mass is 388 g/mol. The van der Waals surface area contributed by atoms with Crippen molar-refractivity contribution < 1.29 is 19.1 Å². The molecule has 0 saturated carbocycles. The highest BCUT2D eigenvalue weighted by molar-refractivity contribution is 6.30. The van der Waals surface area contributed by atoms with Gasteiger partial charge in [-0.05, 0) is 36.4 Å². The molecule has 27 heavy (non-hydrogen) atoms. The Kier molecular flexibility index (Phi) is 6.19. The molecule has 0 bridgehead atoms. The number of hydrogen-bond donors (Lipinski definition) is 0. The average Bonchev–Trinajstić information content (AvgIpc) is 2.68. The third-order valence-corrected chi connectivity index (χ3v) is 4.54. The molecular formula is C20H21ClN2O4. The van der Waals surface area contributed by atoms with Crippen LogP contribution >= 0.6 is 11.6 Å². The second-order valence-corrected chi connectivity index (χ2v) is 6.61. The van der Waals surface area contributed by atoms with Gasteiger partial charge in [0.25, 0.3) is 5.91 Å². The topological polar surface area (TPSA) is 59.1 Å². The third kappa shape index (κ3) is 4.92. The summed E-state index contributed by atoms with van der Waals surface area (Å²) < 4.78 is 11.0. The number of rotatable bonds is 7. The fourth-order valence-corrected chi connectivity index (χ4v) is 2.88. The Hall–Kier alpha value is -2.73. The van der Waals surface area contributed by atoms with Gasteiger partial charge in [-0.25, -0.2) is 0 Å². The third-order valence-electron chi connectivity index (χ3n) is 4.29. The van der Waals surface area contributed by atoms with Gasteiger partial charge in [-0.3, -0.25) is 9.59 Å². The number of carbonyl (C=O) groups is 2. The highest BCUT2D eigenvalue weighted by Crippen LogP contribution is 2.31. The summed E-state index contributed by atoms with van der Waals surface area (Å²) in [5.41, 5.74) is 0.704. The van der Waals surface area contributed by atoms with E-state index in [1.807, 2.05) is 24.3 Å². The lowest BCUT2D eigenvalue weighted by Gasteiger charge is -2.29. The lowest BCUT2D eigenvalue weighted by Crippen LogP contribution is -2.41. The first-order chi connectivity index (χ1) is 13.0. The minimum Gasteiger partial charge on any atom is -0.492 e. The van der Waals surface area contributed by atoms with Crippen molar-refractivity contribution >= 4 is 29.1 Å². The quantitative estimate of drug-likeness (QED) is 0.731. The van der Waals surface area contributed by atoms with Crippen LogP contribution in [-0.4, -0.2) is 50.1 Å². The molecule has 0 unspecified atom stereocenters. The van der Waals surface area contributed by atoms with Gasteiger partial charge in [-0.15, -0.1) is 0 Å². The molecule has 0 fully saturated rings. The van der Waals surface area contributed by atoms with Gasteiger partial charge in [-0.1, -0.05) is 23.7 Å². The summed E-state index contributed by atoms with van der Waals surface area (Å²) in [6.07, 6.45) is 0.234. The molecule has 7 heteroatoms. The standard InChI is InChI=1S/C20H21ClN2O4/c1-22(12-13-26-16-8-6-15(21)7-9-16)19(24)10-11-23-17-4-2-3-5-18(17)27-14-20(23)25/h2-9H,10-14H2,1H3. The van der Waals surface area contributed by atoms with Crippen LogP contribution in [0.2, 0.25) is 5.02 Å². The SMILES string of the molecule is CN(CCOc1ccc(Cl)cc1)C(=O)CCN1C(=O)COc2ccccc21. The second kappa shape index (κ2) is 8.77. The number of amides is 2. The van der Waals surface area contributed by atoms with Gasteiger partial charge in [0.05, 0.1) is 12.2 Å². The second-order valence-electron chi connectivity index (χ2n) is 6.17. The van der Waals surface area contributed by atoms with E-state index >= 15 is 0 Å². The van der Waals surface area contributed by atoms with Crippen molar-refractivity contribution in [2.45, 2.75) is 6.42 Å². The first kappa shape index (κ1) is 19.0. The summed E-state index contributed by atoms with van der Waals surface area (Å²) in [6.45, 7) is 1.15. The van der Waals surface area contributed by atoms with Gasteiger partial charge < -0.3 is 19.3 Å². The molecule has 0 spiro atoms. The average molecular weight is 389 g/mol. The van der Waals surface area contributed by atoms with E-state index in [1.165, 1.54) is 0 Å². The molecule has 142 valence electrons. The maximum absolute atomic E-state index is 12.4. The molecule has 0 aliphatic carbocycles. The van der Waals surface area contributed by atoms with Crippen molar-refractivity contribution in [2.24, 2.45) is 0 Å². The van der Waals surface area contributed by atoms with Crippen LogP contribution < -0.4 is 14.4 Å². The minimum atomic E-state index is -0.143. The Bertz CT molecular complexity index is 810. The molecule has 1 heterocycles. The maximum atomic E-state index is 12.4. The van der Waals surface area contributed by atoms with Crippen LogP contribution in [0.25, 0.3) is 0 Å². The number of anilines is 1. The molecule has 3 rings (SSSR count). The van der Waals surface area contributed by atoms with E-state index in [9.17, 15) is 9.59 Å². The number of likely N-dealkylation sites (N-methyl/N-ethyl adjacent to an activating group) is 1. The Morgan fingerprint density at radius 1 is 1.22 bits per heavy atom. The number of fused-ring (bicyclic) bond motifs is 1. The van der Waals surface area contributed by atoms with Crippen molar-refractivity contribution in [3.8, 4) is 11.5 Å². The number of hydrogen-bond acceptors (Lipinski definition) is 4. The van der Waals surface area contributed by atoms with Crippen LogP contribution in [0.15, 0.2) is 48.5 Å². The van der Waals surface area contributed by atoms with Gasteiger partial charge in [0.2, 0.25) is 5.91 Å². The van der Waals surface area contributed by atoms with Crippen molar-refractivity contribution in [1.29, 1.82) is 0 Å². The molecule has 2 aromatic carbocycles. The molecule has 1 aliphatic rings.